The third-order valence-corrected chi connectivity index (χ3v) is 3.31. The van der Waals surface area contributed by atoms with Gasteiger partial charge in [0.2, 0.25) is 5.91 Å². The molecule has 1 atom stereocenters. The molecule has 1 amide bonds. The van der Waals surface area contributed by atoms with E-state index in [9.17, 15) is 4.79 Å². The van der Waals surface area contributed by atoms with Crippen molar-refractivity contribution in [3.8, 4) is 0 Å². The Morgan fingerprint density at radius 1 is 1.43 bits per heavy atom. The van der Waals surface area contributed by atoms with E-state index in [1.807, 2.05) is 19.9 Å². The van der Waals surface area contributed by atoms with Crippen molar-refractivity contribution < 1.29 is 4.79 Å². The molecule has 1 N–H and O–H groups in total. The number of nitrogens with one attached hydrogen (secondary N) is 1. The highest BCUT2D eigenvalue weighted by atomic mass is 35.5. The zero-order valence-electron chi connectivity index (χ0n) is 12.9. The first-order chi connectivity index (χ1) is 9.88. The lowest BCUT2D eigenvalue weighted by molar-refractivity contribution is -0.121. The highest BCUT2D eigenvalue weighted by Gasteiger charge is 2.18. The molecule has 0 spiro atoms. The van der Waals surface area contributed by atoms with Gasteiger partial charge in [0.25, 0.3) is 0 Å². The monoisotopic (exact) mass is 308 g/mol. The van der Waals surface area contributed by atoms with Crippen molar-refractivity contribution in [2.45, 2.75) is 39.6 Å². The molecule has 1 unspecified atom stereocenters. The molecule has 0 fully saturated rings. The topological polar surface area (TPSA) is 59.8 Å². The van der Waals surface area contributed by atoms with Crippen molar-refractivity contribution in [3.05, 3.63) is 23.7 Å². The SMILES string of the molecule is Cc1cnc2c(c1)nc(C(C)Cl)n2CC(=O)NCC(C)C. The molecule has 2 heterocycles. The number of carbonyl (C=O) groups is 1. The molecule has 2 aromatic heterocycles. The van der Waals surface area contributed by atoms with Crippen molar-refractivity contribution >= 4 is 28.7 Å². The third kappa shape index (κ3) is 3.73. The molecule has 0 aliphatic rings. The molecule has 0 bridgehead atoms. The van der Waals surface area contributed by atoms with Crippen molar-refractivity contribution in [1.82, 2.24) is 19.9 Å². The second-order valence-corrected chi connectivity index (χ2v) is 6.38. The normalized spacial score (nSPS) is 12.9. The van der Waals surface area contributed by atoms with Gasteiger partial charge in [-0.3, -0.25) is 4.79 Å². The molecule has 0 aliphatic carbocycles. The summed E-state index contributed by atoms with van der Waals surface area (Å²) >= 11 is 6.19. The molecule has 2 rings (SSSR count). The van der Waals surface area contributed by atoms with E-state index in [0.29, 0.717) is 23.9 Å². The Kier molecular flexibility index (Phi) is 4.83. The van der Waals surface area contributed by atoms with Crippen molar-refractivity contribution in [2.75, 3.05) is 6.54 Å². The van der Waals surface area contributed by atoms with Crippen LogP contribution < -0.4 is 5.32 Å². The minimum Gasteiger partial charge on any atom is -0.354 e. The maximum atomic E-state index is 12.1. The molecule has 6 heteroatoms. The summed E-state index contributed by atoms with van der Waals surface area (Å²) in [7, 11) is 0. The summed E-state index contributed by atoms with van der Waals surface area (Å²) in [6, 6.07) is 1.95. The van der Waals surface area contributed by atoms with Crippen LogP contribution in [0.1, 0.15) is 37.5 Å². The predicted octanol–water partition coefficient (Wildman–Crippen LogP) is 2.81. The van der Waals surface area contributed by atoms with Gasteiger partial charge in [-0.25, -0.2) is 9.97 Å². The second-order valence-electron chi connectivity index (χ2n) is 5.73. The number of pyridine rings is 1. The molecule has 21 heavy (non-hydrogen) atoms. The van der Waals surface area contributed by atoms with Crippen LogP contribution in [-0.4, -0.2) is 27.0 Å². The molecule has 0 radical (unpaired) electrons. The average molecular weight is 309 g/mol. The van der Waals surface area contributed by atoms with Gasteiger partial charge in [-0.05, 0) is 31.4 Å². The van der Waals surface area contributed by atoms with Gasteiger partial charge in [-0.15, -0.1) is 11.6 Å². The molecule has 0 saturated heterocycles. The first kappa shape index (κ1) is 15.8. The maximum absolute atomic E-state index is 12.1. The Morgan fingerprint density at radius 2 is 2.14 bits per heavy atom. The summed E-state index contributed by atoms with van der Waals surface area (Å²) < 4.78 is 1.79. The van der Waals surface area contributed by atoms with Crippen LogP contribution in [-0.2, 0) is 11.3 Å². The first-order valence-electron chi connectivity index (χ1n) is 7.12. The van der Waals surface area contributed by atoms with Crippen LogP contribution in [0.15, 0.2) is 12.3 Å². The van der Waals surface area contributed by atoms with Crippen molar-refractivity contribution in [1.29, 1.82) is 0 Å². The molecule has 114 valence electrons. The van der Waals surface area contributed by atoms with E-state index in [4.69, 9.17) is 11.6 Å². The summed E-state index contributed by atoms with van der Waals surface area (Å²) in [6.45, 7) is 8.77. The van der Waals surface area contributed by atoms with E-state index in [0.717, 1.165) is 11.1 Å². The number of aromatic nitrogens is 3. The smallest absolute Gasteiger partial charge is 0.240 e. The first-order valence-corrected chi connectivity index (χ1v) is 7.55. The Morgan fingerprint density at radius 3 is 2.76 bits per heavy atom. The lowest BCUT2D eigenvalue weighted by Crippen LogP contribution is -2.31. The predicted molar refractivity (Wildman–Crippen MR) is 84.4 cm³/mol. The molecule has 0 aromatic carbocycles. The van der Waals surface area contributed by atoms with Crippen LogP contribution in [0.3, 0.4) is 0 Å². The summed E-state index contributed by atoms with van der Waals surface area (Å²) in [5.74, 6) is 1.04. The standard InChI is InChI=1S/C15H21ClN4O/c1-9(2)6-17-13(21)8-20-14(11(4)16)19-12-5-10(3)7-18-15(12)20/h5,7,9,11H,6,8H2,1-4H3,(H,17,21). The molecule has 0 saturated carbocycles. The Balaban J connectivity index is 2.32. The van der Waals surface area contributed by atoms with Crippen LogP contribution >= 0.6 is 11.6 Å². The summed E-state index contributed by atoms with van der Waals surface area (Å²) in [4.78, 5) is 21.0. The quantitative estimate of drug-likeness (QED) is 0.864. The molecule has 5 nitrogen and oxygen atoms in total. The fourth-order valence-electron chi connectivity index (χ4n) is 2.11. The van der Waals surface area contributed by atoms with Crippen molar-refractivity contribution in [3.63, 3.8) is 0 Å². The van der Waals surface area contributed by atoms with Gasteiger partial charge in [-0.2, -0.15) is 0 Å². The van der Waals surface area contributed by atoms with E-state index >= 15 is 0 Å². The Labute approximate surface area is 129 Å². The van der Waals surface area contributed by atoms with Gasteiger partial charge in [0, 0.05) is 12.7 Å². The number of alkyl halides is 1. The van der Waals surface area contributed by atoms with Gasteiger partial charge in [0.15, 0.2) is 5.65 Å². The van der Waals surface area contributed by atoms with E-state index < -0.39 is 0 Å². The highest BCUT2D eigenvalue weighted by molar-refractivity contribution is 6.20. The van der Waals surface area contributed by atoms with E-state index in [1.54, 1.807) is 10.8 Å². The maximum Gasteiger partial charge on any atom is 0.240 e. The minimum absolute atomic E-state index is 0.0519. The number of rotatable bonds is 5. The molecular formula is C15H21ClN4O. The van der Waals surface area contributed by atoms with Crippen molar-refractivity contribution in [2.24, 2.45) is 5.92 Å². The minimum atomic E-state index is -0.280. The van der Waals surface area contributed by atoms with Crippen LogP contribution in [0.25, 0.3) is 11.2 Å². The third-order valence-electron chi connectivity index (χ3n) is 3.12. The number of amides is 1. The lowest BCUT2D eigenvalue weighted by Gasteiger charge is -2.11. The number of carbonyl (C=O) groups excluding carboxylic acids is 1. The van der Waals surface area contributed by atoms with Gasteiger partial charge in [0.05, 0.1) is 5.38 Å². The zero-order valence-corrected chi connectivity index (χ0v) is 13.6. The Hall–Kier alpha value is -1.62. The van der Waals surface area contributed by atoms with Gasteiger partial charge in [0.1, 0.15) is 17.9 Å². The Bertz CT molecular complexity index is 648. The van der Waals surface area contributed by atoms with E-state index in [-0.39, 0.29) is 17.8 Å². The number of aryl methyl sites for hydroxylation is 1. The van der Waals surface area contributed by atoms with Crippen LogP contribution in [0.5, 0.6) is 0 Å². The summed E-state index contributed by atoms with van der Waals surface area (Å²) in [6.07, 6.45) is 1.77. The summed E-state index contributed by atoms with van der Waals surface area (Å²) in [5.41, 5.74) is 2.50. The van der Waals surface area contributed by atoms with Gasteiger partial charge in [-0.1, -0.05) is 13.8 Å². The molecule has 0 aliphatic heterocycles. The largest absolute Gasteiger partial charge is 0.354 e. The number of imidazole rings is 1. The fourth-order valence-corrected chi connectivity index (χ4v) is 2.27. The van der Waals surface area contributed by atoms with E-state index in [2.05, 4.69) is 29.1 Å². The lowest BCUT2D eigenvalue weighted by atomic mass is 10.2. The number of fused-ring (bicyclic) bond motifs is 1. The van der Waals surface area contributed by atoms with Crippen LogP contribution in [0.2, 0.25) is 0 Å². The number of halogens is 1. The van der Waals surface area contributed by atoms with Gasteiger partial charge < -0.3 is 9.88 Å². The second kappa shape index (κ2) is 6.43. The molecule has 2 aromatic rings. The van der Waals surface area contributed by atoms with Crippen LogP contribution in [0.4, 0.5) is 0 Å². The average Bonchev–Trinajstić information content (AvgIpc) is 2.74. The summed E-state index contributed by atoms with van der Waals surface area (Å²) in [5, 5.41) is 2.62. The molecular weight excluding hydrogens is 288 g/mol. The highest BCUT2D eigenvalue weighted by Crippen LogP contribution is 2.23. The number of nitrogens with zero attached hydrogens (tertiary/aromatic N) is 3. The van der Waals surface area contributed by atoms with Gasteiger partial charge >= 0.3 is 0 Å². The van der Waals surface area contributed by atoms with Crippen LogP contribution in [0, 0.1) is 12.8 Å². The number of hydrogen-bond donors (Lipinski definition) is 1. The fraction of sp³-hybridized carbons (Fsp3) is 0.533. The zero-order chi connectivity index (χ0) is 15.6. The number of hydrogen-bond acceptors (Lipinski definition) is 3. The van der Waals surface area contributed by atoms with E-state index in [1.165, 1.54) is 0 Å².